The van der Waals surface area contributed by atoms with Gasteiger partial charge < -0.3 is 14.0 Å². The first-order valence-corrected chi connectivity index (χ1v) is 7.16. The van der Waals surface area contributed by atoms with Gasteiger partial charge in [-0.2, -0.15) is 0 Å². The van der Waals surface area contributed by atoms with E-state index in [9.17, 15) is 4.79 Å². The van der Waals surface area contributed by atoms with Crippen LogP contribution >= 0.6 is 0 Å². The van der Waals surface area contributed by atoms with Crippen LogP contribution in [0.2, 0.25) is 0 Å². The van der Waals surface area contributed by atoms with Crippen LogP contribution in [-0.2, 0) is 27.4 Å². The number of aromatic nitrogens is 1. The molecule has 0 atom stereocenters. The first-order valence-electron chi connectivity index (χ1n) is 7.16. The van der Waals surface area contributed by atoms with E-state index in [0.29, 0.717) is 13.3 Å². The summed E-state index contributed by atoms with van der Waals surface area (Å²) < 4.78 is 12.4. The van der Waals surface area contributed by atoms with Gasteiger partial charge in [-0.3, -0.25) is 0 Å². The van der Waals surface area contributed by atoms with E-state index in [1.54, 1.807) is 14.0 Å². The van der Waals surface area contributed by atoms with Gasteiger partial charge in [-0.15, -0.1) is 0 Å². The summed E-state index contributed by atoms with van der Waals surface area (Å²) in [7, 11) is 1.68. The van der Waals surface area contributed by atoms with Crippen molar-refractivity contribution in [2.75, 3.05) is 13.7 Å². The third kappa shape index (κ3) is 3.16. The van der Waals surface area contributed by atoms with Crippen molar-refractivity contribution in [1.82, 2.24) is 4.57 Å². The lowest BCUT2D eigenvalue weighted by Crippen LogP contribution is -2.04. The second-order valence-corrected chi connectivity index (χ2v) is 4.66. The molecule has 1 aromatic heterocycles. The van der Waals surface area contributed by atoms with Gasteiger partial charge in [0, 0.05) is 29.8 Å². The highest BCUT2D eigenvalue weighted by molar-refractivity contribution is 5.95. The lowest BCUT2D eigenvalue weighted by atomic mass is 10.1. The van der Waals surface area contributed by atoms with Crippen molar-refractivity contribution in [3.8, 4) is 0 Å². The van der Waals surface area contributed by atoms with Crippen LogP contribution in [0.3, 0.4) is 0 Å². The number of rotatable bonds is 6. The topological polar surface area (TPSA) is 40.5 Å². The van der Waals surface area contributed by atoms with Gasteiger partial charge in [0.05, 0.1) is 12.1 Å². The largest absolute Gasteiger partial charge is 0.463 e. The normalized spacial score (nSPS) is 11.4. The number of hydrogen-bond donors (Lipinski definition) is 0. The first-order chi connectivity index (χ1) is 10.2. The maximum absolute atomic E-state index is 11.5. The van der Waals surface area contributed by atoms with Gasteiger partial charge in [-0.25, -0.2) is 4.79 Å². The van der Waals surface area contributed by atoms with Crippen LogP contribution < -0.4 is 0 Å². The smallest absolute Gasteiger partial charge is 0.330 e. The number of hydrogen-bond acceptors (Lipinski definition) is 3. The zero-order chi connectivity index (χ0) is 15.2. The number of nitrogens with zero attached hydrogens (tertiary/aromatic N) is 1. The molecule has 0 saturated heterocycles. The number of para-hydroxylation sites is 1. The number of ether oxygens (including phenoxy) is 2. The minimum atomic E-state index is -0.317. The summed E-state index contributed by atoms with van der Waals surface area (Å²) in [6.45, 7) is 4.78. The Morgan fingerprint density at radius 1 is 1.29 bits per heavy atom. The molecule has 0 fully saturated rings. The molecule has 1 heterocycles. The number of methoxy groups -OCH3 is 1. The van der Waals surface area contributed by atoms with E-state index in [0.717, 1.165) is 28.6 Å². The summed E-state index contributed by atoms with van der Waals surface area (Å²) in [5.41, 5.74) is 3.32. The van der Waals surface area contributed by atoms with Crippen molar-refractivity contribution in [1.29, 1.82) is 0 Å². The molecule has 0 saturated carbocycles. The third-order valence-corrected chi connectivity index (χ3v) is 3.39. The Balaban J connectivity index is 2.53. The Bertz CT molecular complexity index is 655. The highest BCUT2D eigenvalue weighted by atomic mass is 16.5. The number of carbonyl (C=O) groups is 1. The van der Waals surface area contributed by atoms with E-state index in [1.165, 1.54) is 6.08 Å². The van der Waals surface area contributed by atoms with E-state index in [1.807, 2.05) is 18.2 Å². The fourth-order valence-corrected chi connectivity index (χ4v) is 2.57. The lowest BCUT2D eigenvalue weighted by molar-refractivity contribution is -0.137. The summed E-state index contributed by atoms with van der Waals surface area (Å²) >= 11 is 0. The van der Waals surface area contributed by atoms with Gasteiger partial charge in [-0.05, 0) is 25.5 Å². The van der Waals surface area contributed by atoms with Crippen molar-refractivity contribution < 1.29 is 14.3 Å². The molecule has 0 radical (unpaired) electrons. The van der Waals surface area contributed by atoms with Gasteiger partial charge in [-0.1, -0.05) is 25.1 Å². The first kappa shape index (κ1) is 15.3. The van der Waals surface area contributed by atoms with Crippen LogP contribution in [0.5, 0.6) is 0 Å². The van der Waals surface area contributed by atoms with Crippen LogP contribution in [0, 0.1) is 0 Å². The molecule has 0 amide bonds. The Morgan fingerprint density at radius 3 is 2.71 bits per heavy atom. The molecular formula is C17H21NO3. The molecule has 0 N–H and O–H groups in total. The van der Waals surface area contributed by atoms with E-state index < -0.39 is 0 Å². The van der Waals surface area contributed by atoms with E-state index in [2.05, 4.69) is 23.6 Å². The summed E-state index contributed by atoms with van der Waals surface area (Å²) in [6, 6.07) is 8.13. The Kier molecular flexibility index (Phi) is 5.17. The van der Waals surface area contributed by atoms with Crippen molar-refractivity contribution in [2.45, 2.75) is 27.0 Å². The molecule has 0 aliphatic carbocycles. The maximum Gasteiger partial charge on any atom is 0.330 e. The monoisotopic (exact) mass is 287 g/mol. The van der Waals surface area contributed by atoms with Crippen molar-refractivity contribution in [2.24, 2.45) is 0 Å². The predicted molar refractivity (Wildman–Crippen MR) is 84.0 cm³/mol. The van der Waals surface area contributed by atoms with Gasteiger partial charge in [0.1, 0.15) is 6.73 Å². The molecule has 4 heteroatoms. The minimum Gasteiger partial charge on any atom is -0.463 e. The third-order valence-electron chi connectivity index (χ3n) is 3.39. The molecule has 21 heavy (non-hydrogen) atoms. The average molecular weight is 287 g/mol. The van der Waals surface area contributed by atoms with Crippen molar-refractivity contribution in [3.63, 3.8) is 0 Å². The maximum atomic E-state index is 11.5. The predicted octanol–water partition coefficient (Wildman–Crippen LogP) is 3.38. The zero-order valence-corrected chi connectivity index (χ0v) is 12.8. The molecule has 0 spiro atoms. The highest BCUT2D eigenvalue weighted by Gasteiger charge is 2.13. The molecule has 0 bridgehead atoms. The summed E-state index contributed by atoms with van der Waals surface area (Å²) in [5.74, 6) is -0.317. The molecule has 1 aromatic carbocycles. The quantitative estimate of drug-likeness (QED) is 0.604. The fraction of sp³-hybridized carbons (Fsp3) is 0.353. The zero-order valence-electron chi connectivity index (χ0n) is 12.8. The molecule has 4 nitrogen and oxygen atoms in total. The standard InChI is InChI=1S/C17H21NO3/c1-4-15-14(10-11-17(19)21-5-2)13-8-6-7-9-16(13)18(15)12-20-3/h6-11H,4-5,12H2,1-3H3. The second kappa shape index (κ2) is 7.09. The molecular weight excluding hydrogens is 266 g/mol. The van der Waals surface area contributed by atoms with Gasteiger partial charge in [0.2, 0.25) is 0 Å². The molecule has 0 aliphatic rings. The number of fused-ring (bicyclic) bond motifs is 1. The van der Waals surface area contributed by atoms with Crippen molar-refractivity contribution in [3.05, 3.63) is 41.6 Å². The number of esters is 1. The van der Waals surface area contributed by atoms with Gasteiger partial charge >= 0.3 is 5.97 Å². The summed E-state index contributed by atoms with van der Waals surface area (Å²) in [5, 5.41) is 1.12. The molecule has 0 unspecified atom stereocenters. The molecule has 2 aromatic rings. The summed E-state index contributed by atoms with van der Waals surface area (Å²) in [6.07, 6.45) is 4.19. The molecule has 112 valence electrons. The Morgan fingerprint density at radius 2 is 2.05 bits per heavy atom. The van der Waals surface area contributed by atoms with Crippen LogP contribution in [0.4, 0.5) is 0 Å². The fourth-order valence-electron chi connectivity index (χ4n) is 2.57. The number of carbonyl (C=O) groups excluding carboxylic acids is 1. The van der Waals surface area contributed by atoms with Gasteiger partial charge in [0.25, 0.3) is 0 Å². The van der Waals surface area contributed by atoms with E-state index >= 15 is 0 Å². The lowest BCUT2D eigenvalue weighted by Gasteiger charge is -2.08. The molecule has 2 rings (SSSR count). The molecule has 0 aliphatic heterocycles. The minimum absolute atomic E-state index is 0.317. The second-order valence-electron chi connectivity index (χ2n) is 4.66. The van der Waals surface area contributed by atoms with Crippen LogP contribution in [-0.4, -0.2) is 24.3 Å². The van der Waals surface area contributed by atoms with Crippen molar-refractivity contribution >= 4 is 22.9 Å². The Labute approximate surface area is 125 Å². The highest BCUT2D eigenvalue weighted by Crippen LogP contribution is 2.28. The average Bonchev–Trinajstić information content (AvgIpc) is 2.79. The van der Waals surface area contributed by atoms with Gasteiger partial charge in [0.15, 0.2) is 0 Å². The number of benzene rings is 1. The van der Waals surface area contributed by atoms with Crippen LogP contribution in [0.25, 0.3) is 17.0 Å². The van der Waals surface area contributed by atoms with E-state index in [4.69, 9.17) is 9.47 Å². The van der Waals surface area contributed by atoms with Crippen LogP contribution in [0.15, 0.2) is 30.3 Å². The van der Waals surface area contributed by atoms with E-state index in [-0.39, 0.29) is 5.97 Å². The Hall–Kier alpha value is -2.07. The van der Waals surface area contributed by atoms with Crippen LogP contribution in [0.1, 0.15) is 25.1 Å². The summed E-state index contributed by atoms with van der Waals surface area (Å²) in [4.78, 5) is 11.5. The SMILES string of the molecule is CCOC(=O)C=Cc1c(CC)n(COC)c2ccccc12.